The summed E-state index contributed by atoms with van der Waals surface area (Å²) in [5.74, 6) is 1.27. The first-order chi connectivity index (χ1) is 8.83. The van der Waals surface area contributed by atoms with Gasteiger partial charge in [0.1, 0.15) is 0 Å². The molecule has 5 heteroatoms. The Morgan fingerprint density at radius 1 is 1.33 bits per heavy atom. The van der Waals surface area contributed by atoms with Crippen LogP contribution in [0.5, 0.6) is 0 Å². The molecule has 1 saturated heterocycles. The predicted molar refractivity (Wildman–Crippen MR) is 69.3 cm³/mol. The molecule has 1 atom stereocenters. The van der Waals surface area contributed by atoms with E-state index < -0.39 is 0 Å². The highest BCUT2D eigenvalue weighted by molar-refractivity contribution is 6.30. The van der Waals surface area contributed by atoms with Crippen molar-refractivity contribution >= 4 is 11.6 Å². The number of rotatable bonds is 2. The highest BCUT2D eigenvalue weighted by atomic mass is 35.5. The molecule has 1 N–H and O–H groups in total. The van der Waals surface area contributed by atoms with Crippen LogP contribution in [0.1, 0.15) is 31.2 Å². The second-order valence-electron chi connectivity index (χ2n) is 4.47. The Labute approximate surface area is 110 Å². The first-order valence-electron chi connectivity index (χ1n) is 6.16. The first kappa shape index (κ1) is 11.7. The highest BCUT2D eigenvalue weighted by Crippen LogP contribution is 2.25. The lowest BCUT2D eigenvalue weighted by molar-refractivity contribution is 0.297. The van der Waals surface area contributed by atoms with Gasteiger partial charge in [0.05, 0.1) is 6.04 Å². The summed E-state index contributed by atoms with van der Waals surface area (Å²) in [4.78, 5) is 4.45. The standard InChI is InChI=1S/C13H14ClN3O/c14-10-5-3-4-9(8-10)12-16-13(18-17-12)11-6-1-2-7-15-11/h3-5,8,11,15H,1-2,6-7H2/t11-/m0/s1. The summed E-state index contributed by atoms with van der Waals surface area (Å²) < 4.78 is 5.33. The Morgan fingerprint density at radius 2 is 2.28 bits per heavy atom. The maximum absolute atomic E-state index is 5.95. The van der Waals surface area contributed by atoms with Crippen LogP contribution in [-0.4, -0.2) is 16.7 Å². The monoisotopic (exact) mass is 263 g/mol. The lowest BCUT2D eigenvalue weighted by Crippen LogP contribution is -2.26. The van der Waals surface area contributed by atoms with Crippen LogP contribution in [0.4, 0.5) is 0 Å². The van der Waals surface area contributed by atoms with Crippen LogP contribution in [0.3, 0.4) is 0 Å². The molecule has 3 rings (SSSR count). The molecule has 0 aliphatic carbocycles. The number of piperidine rings is 1. The second-order valence-corrected chi connectivity index (χ2v) is 4.91. The van der Waals surface area contributed by atoms with E-state index in [1.807, 2.05) is 24.3 Å². The Balaban J connectivity index is 1.84. The summed E-state index contributed by atoms with van der Waals surface area (Å²) in [6, 6.07) is 7.67. The first-order valence-corrected chi connectivity index (χ1v) is 6.53. The van der Waals surface area contributed by atoms with Crippen LogP contribution in [0, 0.1) is 0 Å². The highest BCUT2D eigenvalue weighted by Gasteiger charge is 2.21. The molecule has 0 saturated carbocycles. The van der Waals surface area contributed by atoms with Gasteiger partial charge >= 0.3 is 0 Å². The van der Waals surface area contributed by atoms with Crippen molar-refractivity contribution < 1.29 is 4.52 Å². The summed E-state index contributed by atoms with van der Waals surface area (Å²) in [5, 5.41) is 8.08. The molecular formula is C13H14ClN3O. The van der Waals surface area contributed by atoms with E-state index in [9.17, 15) is 0 Å². The molecule has 1 aliphatic heterocycles. The van der Waals surface area contributed by atoms with Crippen molar-refractivity contribution in [1.29, 1.82) is 0 Å². The van der Waals surface area contributed by atoms with Crippen molar-refractivity contribution in [3.05, 3.63) is 35.2 Å². The van der Waals surface area contributed by atoms with Crippen molar-refractivity contribution in [3.8, 4) is 11.4 Å². The lowest BCUT2D eigenvalue weighted by Gasteiger charge is -2.19. The molecule has 18 heavy (non-hydrogen) atoms. The molecular weight excluding hydrogens is 250 g/mol. The average molecular weight is 264 g/mol. The molecule has 94 valence electrons. The number of hydrogen-bond acceptors (Lipinski definition) is 4. The number of nitrogens with one attached hydrogen (secondary N) is 1. The van der Waals surface area contributed by atoms with Gasteiger partial charge in [-0.1, -0.05) is 35.3 Å². The van der Waals surface area contributed by atoms with E-state index >= 15 is 0 Å². The molecule has 4 nitrogen and oxygen atoms in total. The minimum atomic E-state index is 0.194. The third kappa shape index (κ3) is 2.40. The van der Waals surface area contributed by atoms with Crippen molar-refractivity contribution in [3.63, 3.8) is 0 Å². The molecule has 0 spiro atoms. The van der Waals surface area contributed by atoms with Gasteiger partial charge in [0.25, 0.3) is 0 Å². The van der Waals surface area contributed by atoms with Crippen LogP contribution in [0.25, 0.3) is 11.4 Å². The minimum absolute atomic E-state index is 0.194. The van der Waals surface area contributed by atoms with E-state index in [2.05, 4.69) is 15.5 Å². The lowest BCUT2D eigenvalue weighted by atomic mass is 10.1. The quantitative estimate of drug-likeness (QED) is 0.904. The fraction of sp³-hybridized carbons (Fsp3) is 0.385. The Bertz CT molecular complexity index is 535. The SMILES string of the molecule is Clc1cccc(-c2noc([C@@H]3CCCCN3)n2)c1. The van der Waals surface area contributed by atoms with Gasteiger partial charge in [0, 0.05) is 10.6 Å². The van der Waals surface area contributed by atoms with E-state index in [1.165, 1.54) is 12.8 Å². The number of aromatic nitrogens is 2. The largest absolute Gasteiger partial charge is 0.337 e. The summed E-state index contributed by atoms with van der Waals surface area (Å²) in [7, 11) is 0. The van der Waals surface area contributed by atoms with Gasteiger partial charge < -0.3 is 9.84 Å². The Kier molecular flexibility index (Phi) is 3.30. The van der Waals surface area contributed by atoms with Gasteiger partial charge in [0.2, 0.25) is 11.7 Å². The molecule has 0 unspecified atom stereocenters. The van der Waals surface area contributed by atoms with Crippen LogP contribution >= 0.6 is 11.6 Å². The topological polar surface area (TPSA) is 51.0 Å². The van der Waals surface area contributed by atoms with Crippen LogP contribution in [0.2, 0.25) is 5.02 Å². The molecule has 2 aromatic rings. The molecule has 0 bridgehead atoms. The summed E-state index contributed by atoms with van der Waals surface area (Å²) in [5.41, 5.74) is 0.883. The Morgan fingerprint density at radius 3 is 3.06 bits per heavy atom. The normalized spacial score (nSPS) is 19.9. The van der Waals surface area contributed by atoms with Gasteiger partial charge in [-0.25, -0.2) is 0 Å². The van der Waals surface area contributed by atoms with Gasteiger partial charge in [-0.15, -0.1) is 0 Å². The number of benzene rings is 1. The average Bonchev–Trinajstić information content (AvgIpc) is 2.89. The predicted octanol–water partition coefficient (Wildman–Crippen LogP) is 3.20. The molecule has 2 heterocycles. The fourth-order valence-electron chi connectivity index (χ4n) is 2.18. The zero-order chi connectivity index (χ0) is 12.4. The number of nitrogens with zero attached hydrogens (tertiary/aromatic N) is 2. The molecule has 1 fully saturated rings. The molecule has 0 amide bonds. The maximum Gasteiger partial charge on any atom is 0.244 e. The van der Waals surface area contributed by atoms with Gasteiger partial charge in [-0.3, -0.25) is 0 Å². The fourth-order valence-corrected chi connectivity index (χ4v) is 2.37. The van der Waals surface area contributed by atoms with Crippen LogP contribution in [0.15, 0.2) is 28.8 Å². The van der Waals surface area contributed by atoms with Crippen molar-refractivity contribution in [2.24, 2.45) is 0 Å². The second kappa shape index (κ2) is 5.08. The van der Waals surface area contributed by atoms with Gasteiger partial charge in [0.15, 0.2) is 0 Å². The summed E-state index contributed by atoms with van der Waals surface area (Å²) >= 11 is 5.95. The van der Waals surface area contributed by atoms with Crippen LogP contribution in [-0.2, 0) is 0 Å². The molecule has 1 aliphatic rings. The smallest absolute Gasteiger partial charge is 0.244 e. The third-order valence-electron chi connectivity index (χ3n) is 3.13. The van der Waals surface area contributed by atoms with Crippen molar-refractivity contribution in [1.82, 2.24) is 15.5 Å². The number of halogens is 1. The molecule has 0 radical (unpaired) electrons. The van der Waals surface area contributed by atoms with E-state index in [0.29, 0.717) is 16.7 Å². The Hall–Kier alpha value is -1.39. The van der Waals surface area contributed by atoms with Crippen LogP contribution < -0.4 is 5.32 Å². The zero-order valence-corrected chi connectivity index (χ0v) is 10.7. The summed E-state index contributed by atoms with van der Waals surface area (Å²) in [6.45, 7) is 1.01. The van der Waals surface area contributed by atoms with E-state index in [0.717, 1.165) is 18.5 Å². The van der Waals surface area contributed by atoms with Gasteiger partial charge in [-0.2, -0.15) is 4.98 Å². The van der Waals surface area contributed by atoms with Crippen molar-refractivity contribution in [2.75, 3.05) is 6.54 Å². The van der Waals surface area contributed by atoms with E-state index in [4.69, 9.17) is 16.1 Å². The van der Waals surface area contributed by atoms with E-state index in [1.54, 1.807) is 0 Å². The number of hydrogen-bond donors (Lipinski definition) is 1. The zero-order valence-electron chi connectivity index (χ0n) is 9.90. The summed E-state index contributed by atoms with van der Waals surface area (Å²) in [6.07, 6.45) is 3.47. The molecule has 1 aromatic carbocycles. The van der Waals surface area contributed by atoms with E-state index in [-0.39, 0.29) is 6.04 Å². The van der Waals surface area contributed by atoms with Crippen molar-refractivity contribution in [2.45, 2.75) is 25.3 Å². The minimum Gasteiger partial charge on any atom is -0.337 e. The maximum atomic E-state index is 5.95. The van der Waals surface area contributed by atoms with Gasteiger partial charge in [-0.05, 0) is 31.5 Å². The molecule has 1 aromatic heterocycles. The third-order valence-corrected chi connectivity index (χ3v) is 3.37.